The van der Waals surface area contributed by atoms with Crippen LogP contribution in [-0.4, -0.2) is 15.0 Å². The van der Waals surface area contributed by atoms with Crippen molar-refractivity contribution in [2.75, 3.05) is 6.54 Å². The Kier molecular flexibility index (Phi) is 7.02. The molecule has 0 amide bonds. The lowest BCUT2D eigenvalue weighted by Gasteiger charge is -2.06. The van der Waals surface area contributed by atoms with Crippen molar-refractivity contribution in [3.8, 4) is 0 Å². The Balaban J connectivity index is 2.29. The normalized spacial score (nSPS) is 11.7. The van der Waals surface area contributed by atoms with Gasteiger partial charge in [-0.1, -0.05) is 39.0 Å². The molecular weight excluding hydrogens is 265 g/mol. The molecule has 0 heterocycles. The Morgan fingerprint density at radius 2 is 1.58 bits per heavy atom. The number of sulfonamides is 1. The highest BCUT2D eigenvalue weighted by Crippen LogP contribution is 2.10. The second kappa shape index (κ2) is 8.27. The molecule has 1 aromatic rings. The molecule has 0 unspecified atom stereocenters. The first kappa shape index (κ1) is 16.1. The van der Waals surface area contributed by atoms with Crippen molar-refractivity contribution in [1.82, 2.24) is 4.72 Å². The van der Waals surface area contributed by atoms with Crippen molar-refractivity contribution < 1.29 is 12.8 Å². The monoisotopic (exact) mass is 287 g/mol. The molecule has 0 atom stereocenters. The van der Waals surface area contributed by atoms with E-state index in [2.05, 4.69) is 11.6 Å². The third-order valence-electron chi connectivity index (χ3n) is 2.95. The van der Waals surface area contributed by atoms with Gasteiger partial charge in [0.1, 0.15) is 5.82 Å². The van der Waals surface area contributed by atoms with E-state index >= 15 is 0 Å². The first-order valence-electron chi connectivity index (χ1n) is 6.81. The minimum absolute atomic E-state index is 0.111. The molecule has 108 valence electrons. The van der Waals surface area contributed by atoms with Crippen LogP contribution < -0.4 is 4.72 Å². The summed E-state index contributed by atoms with van der Waals surface area (Å²) in [5, 5.41) is 0. The number of hydrogen-bond donors (Lipinski definition) is 1. The average Bonchev–Trinajstić information content (AvgIpc) is 2.38. The largest absolute Gasteiger partial charge is 0.240 e. The molecule has 1 aromatic carbocycles. The molecular formula is C14H22FNO2S. The Morgan fingerprint density at radius 3 is 2.21 bits per heavy atom. The summed E-state index contributed by atoms with van der Waals surface area (Å²) in [5.41, 5.74) is 0. The number of halogens is 1. The topological polar surface area (TPSA) is 46.2 Å². The Labute approximate surface area is 115 Å². The van der Waals surface area contributed by atoms with E-state index in [1.165, 1.54) is 31.4 Å². The highest BCUT2D eigenvalue weighted by molar-refractivity contribution is 7.89. The fraction of sp³-hybridized carbons (Fsp3) is 0.571. The third kappa shape index (κ3) is 6.16. The van der Waals surface area contributed by atoms with Gasteiger partial charge in [0, 0.05) is 6.54 Å². The van der Waals surface area contributed by atoms with Gasteiger partial charge in [-0.2, -0.15) is 0 Å². The molecule has 0 aliphatic carbocycles. The predicted octanol–water partition coefficient (Wildman–Crippen LogP) is 3.46. The number of unbranched alkanes of at least 4 members (excludes halogenated alkanes) is 5. The molecule has 3 nitrogen and oxygen atoms in total. The second-order valence-electron chi connectivity index (χ2n) is 4.62. The fourth-order valence-electron chi connectivity index (χ4n) is 1.81. The minimum Gasteiger partial charge on any atom is -0.211 e. The van der Waals surface area contributed by atoms with E-state index in [-0.39, 0.29) is 4.90 Å². The summed E-state index contributed by atoms with van der Waals surface area (Å²) in [4.78, 5) is 0.111. The minimum atomic E-state index is -3.49. The standard InChI is InChI=1S/C14H22FNO2S/c1-2-3-4-5-6-7-12-16-19(17,18)14-10-8-13(15)9-11-14/h8-11,16H,2-7,12H2,1H3. The fourth-order valence-corrected chi connectivity index (χ4v) is 2.88. The summed E-state index contributed by atoms with van der Waals surface area (Å²) in [7, 11) is -3.49. The Hall–Kier alpha value is -0.940. The van der Waals surface area contributed by atoms with Crippen LogP contribution in [-0.2, 0) is 10.0 Å². The van der Waals surface area contributed by atoms with E-state index < -0.39 is 15.8 Å². The highest BCUT2D eigenvalue weighted by atomic mass is 32.2. The number of rotatable bonds is 9. The van der Waals surface area contributed by atoms with Crippen LogP contribution in [0.4, 0.5) is 4.39 Å². The molecule has 19 heavy (non-hydrogen) atoms. The maximum absolute atomic E-state index is 12.7. The lowest BCUT2D eigenvalue weighted by Crippen LogP contribution is -2.24. The van der Waals surface area contributed by atoms with Crippen molar-refractivity contribution in [3.63, 3.8) is 0 Å². The lowest BCUT2D eigenvalue weighted by atomic mass is 10.1. The van der Waals surface area contributed by atoms with Crippen LogP contribution in [0, 0.1) is 5.82 Å². The molecule has 0 aromatic heterocycles. The van der Waals surface area contributed by atoms with Crippen molar-refractivity contribution in [2.24, 2.45) is 0 Å². The summed E-state index contributed by atoms with van der Waals surface area (Å²) in [6.07, 6.45) is 6.67. The zero-order valence-electron chi connectivity index (χ0n) is 11.4. The summed E-state index contributed by atoms with van der Waals surface area (Å²) in [6, 6.07) is 4.86. The Bertz CT molecular complexity index is 457. The van der Waals surface area contributed by atoms with Gasteiger partial charge < -0.3 is 0 Å². The van der Waals surface area contributed by atoms with Gasteiger partial charge in [-0.05, 0) is 30.7 Å². The van der Waals surface area contributed by atoms with Gasteiger partial charge in [0.2, 0.25) is 10.0 Å². The van der Waals surface area contributed by atoms with Gasteiger partial charge in [-0.3, -0.25) is 0 Å². The van der Waals surface area contributed by atoms with Crippen molar-refractivity contribution in [1.29, 1.82) is 0 Å². The van der Waals surface area contributed by atoms with E-state index in [9.17, 15) is 12.8 Å². The zero-order chi connectivity index (χ0) is 14.1. The van der Waals surface area contributed by atoms with E-state index in [4.69, 9.17) is 0 Å². The van der Waals surface area contributed by atoms with E-state index in [0.717, 1.165) is 31.4 Å². The van der Waals surface area contributed by atoms with Crippen LogP contribution in [0.15, 0.2) is 29.2 Å². The molecule has 5 heteroatoms. The van der Waals surface area contributed by atoms with Crippen LogP contribution in [0.3, 0.4) is 0 Å². The van der Waals surface area contributed by atoms with Gasteiger partial charge in [-0.25, -0.2) is 17.5 Å². The first-order valence-corrected chi connectivity index (χ1v) is 8.30. The Morgan fingerprint density at radius 1 is 1.00 bits per heavy atom. The van der Waals surface area contributed by atoms with Crippen LogP contribution in [0.1, 0.15) is 45.4 Å². The van der Waals surface area contributed by atoms with Gasteiger partial charge >= 0.3 is 0 Å². The predicted molar refractivity (Wildman–Crippen MR) is 75.0 cm³/mol. The summed E-state index contributed by atoms with van der Waals surface area (Å²) >= 11 is 0. The quantitative estimate of drug-likeness (QED) is 0.707. The maximum Gasteiger partial charge on any atom is 0.240 e. The van der Waals surface area contributed by atoms with E-state index in [0.29, 0.717) is 6.54 Å². The van der Waals surface area contributed by atoms with Crippen LogP contribution in [0.25, 0.3) is 0 Å². The molecule has 1 N–H and O–H groups in total. The van der Waals surface area contributed by atoms with Gasteiger partial charge in [0.15, 0.2) is 0 Å². The number of nitrogens with one attached hydrogen (secondary N) is 1. The molecule has 0 bridgehead atoms. The number of hydrogen-bond acceptors (Lipinski definition) is 2. The smallest absolute Gasteiger partial charge is 0.211 e. The zero-order valence-corrected chi connectivity index (χ0v) is 12.2. The number of benzene rings is 1. The highest BCUT2D eigenvalue weighted by Gasteiger charge is 2.12. The van der Waals surface area contributed by atoms with Crippen LogP contribution >= 0.6 is 0 Å². The maximum atomic E-state index is 12.7. The van der Waals surface area contributed by atoms with Crippen molar-refractivity contribution >= 4 is 10.0 Å². The second-order valence-corrected chi connectivity index (χ2v) is 6.39. The average molecular weight is 287 g/mol. The summed E-state index contributed by atoms with van der Waals surface area (Å²) in [5.74, 6) is -0.435. The molecule has 0 fully saturated rings. The SMILES string of the molecule is CCCCCCCCNS(=O)(=O)c1ccc(F)cc1. The molecule has 0 aliphatic rings. The van der Waals surface area contributed by atoms with E-state index in [1.807, 2.05) is 0 Å². The molecule has 0 saturated carbocycles. The summed E-state index contributed by atoms with van der Waals surface area (Å²) < 4.78 is 38.9. The van der Waals surface area contributed by atoms with Gasteiger partial charge in [0.05, 0.1) is 4.90 Å². The van der Waals surface area contributed by atoms with Crippen LogP contribution in [0.5, 0.6) is 0 Å². The molecule has 0 radical (unpaired) electrons. The van der Waals surface area contributed by atoms with Gasteiger partial charge in [0.25, 0.3) is 0 Å². The van der Waals surface area contributed by atoms with Crippen molar-refractivity contribution in [2.45, 2.75) is 50.3 Å². The molecule has 0 aliphatic heterocycles. The molecule has 0 spiro atoms. The van der Waals surface area contributed by atoms with Crippen molar-refractivity contribution in [3.05, 3.63) is 30.1 Å². The third-order valence-corrected chi connectivity index (χ3v) is 4.42. The molecule has 1 rings (SSSR count). The first-order chi connectivity index (χ1) is 9.06. The summed E-state index contributed by atoms with van der Waals surface area (Å²) in [6.45, 7) is 2.60. The van der Waals surface area contributed by atoms with Crippen LogP contribution in [0.2, 0.25) is 0 Å². The molecule has 0 saturated heterocycles. The lowest BCUT2D eigenvalue weighted by molar-refractivity contribution is 0.567. The van der Waals surface area contributed by atoms with Gasteiger partial charge in [-0.15, -0.1) is 0 Å². The van der Waals surface area contributed by atoms with E-state index in [1.54, 1.807) is 0 Å².